The van der Waals surface area contributed by atoms with E-state index in [1.165, 1.54) is 0 Å². The predicted molar refractivity (Wildman–Crippen MR) is 91.7 cm³/mol. The van der Waals surface area contributed by atoms with E-state index in [0.29, 0.717) is 22.5 Å². The summed E-state index contributed by atoms with van der Waals surface area (Å²) in [5, 5.41) is 8.56. The molecule has 0 unspecified atom stereocenters. The standard InChI is InChI=1S/C16H18BrN3O3/c1-18-9-2-10-19-15(21)11-3-5-12(6-4-11)20-16(22)13-7-8-14(17)23-13/h3-8,18H,2,9-10H2,1H3,(H,19,21)(H,20,22). The minimum atomic E-state index is -0.347. The molecule has 0 radical (unpaired) electrons. The Morgan fingerprint density at radius 2 is 1.78 bits per heavy atom. The summed E-state index contributed by atoms with van der Waals surface area (Å²) in [5.41, 5.74) is 1.14. The Morgan fingerprint density at radius 1 is 1.04 bits per heavy atom. The van der Waals surface area contributed by atoms with Crippen LogP contribution in [0.5, 0.6) is 0 Å². The van der Waals surface area contributed by atoms with Gasteiger partial charge in [-0.15, -0.1) is 0 Å². The van der Waals surface area contributed by atoms with Crippen LogP contribution in [-0.4, -0.2) is 32.0 Å². The zero-order valence-electron chi connectivity index (χ0n) is 12.7. The van der Waals surface area contributed by atoms with Gasteiger partial charge in [0.25, 0.3) is 11.8 Å². The van der Waals surface area contributed by atoms with Crippen LogP contribution in [0.4, 0.5) is 5.69 Å². The topological polar surface area (TPSA) is 83.4 Å². The van der Waals surface area contributed by atoms with E-state index >= 15 is 0 Å². The fourth-order valence-corrected chi connectivity index (χ4v) is 2.21. The maximum Gasteiger partial charge on any atom is 0.291 e. The molecule has 2 amide bonds. The van der Waals surface area contributed by atoms with Gasteiger partial charge in [0.1, 0.15) is 0 Å². The SMILES string of the molecule is CNCCCNC(=O)c1ccc(NC(=O)c2ccc(Br)o2)cc1. The molecular weight excluding hydrogens is 362 g/mol. The van der Waals surface area contributed by atoms with Crippen molar-refractivity contribution < 1.29 is 14.0 Å². The number of rotatable bonds is 7. The third kappa shape index (κ3) is 5.22. The molecule has 1 aromatic heterocycles. The molecule has 0 aliphatic carbocycles. The first-order valence-corrected chi connectivity index (χ1v) is 7.99. The summed E-state index contributed by atoms with van der Waals surface area (Å²) >= 11 is 3.15. The number of carbonyl (C=O) groups is 2. The van der Waals surface area contributed by atoms with Crippen molar-refractivity contribution in [1.29, 1.82) is 0 Å². The number of hydrogen-bond donors (Lipinski definition) is 3. The summed E-state index contributed by atoms with van der Waals surface area (Å²) in [4.78, 5) is 23.9. The van der Waals surface area contributed by atoms with Gasteiger partial charge in [0.05, 0.1) is 0 Å². The van der Waals surface area contributed by atoms with Gasteiger partial charge in [-0.05, 0) is 72.3 Å². The van der Waals surface area contributed by atoms with Gasteiger partial charge in [-0.2, -0.15) is 0 Å². The molecule has 0 spiro atoms. The number of hydrogen-bond acceptors (Lipinski definition) is 4. The summed E-state index contributed by atoms with van der Waals surface area (Å²) in [5.74, 6) is -0.267. The van der Waals surface area contributed by atoms with Gasteiger partial charge in [-0.1, -0.05) is 0 Å². The lowest BCUT2D eigenvalue weighted by atomic mass is 10.2. The number of benzene rings is 1. The van der Waals surface area contributed by atoms with Crippen molar-refractivity contribution >= 4 is 33.4 Å². The lowest BCUT2D eigenvalue weighted by Gasteiger charge is -2.07. The summed E-state index contributed by atoms with van der Waals surface area (Å²) < 4.78 is 5.67. The molecule has 0 saturated carbocycles. The molecule has 1 heterocycles. The van der Waals surface area contributed by atoms with Gasteiger partial charge in [0.15, 0.2) is 10.4 Å². The van der Waals surface area contributed by atoms with E-state index in [-0.39, 0.29) is 17.6 Å². The van der Waals surface area contributed by atoms with Crippen LogP contribution in [0.1, 0.15) is 27.3 Å². The molecule has 0 aliphatic heterocycles. The lowest BCUT2D eigenvalue weighted by molar-refractivity contribution is 0.0952. The van der Waals surface area contributed by atoms with Crippen molar-refractivity contribution in [2.75, 3.05) is 25.5 Å². The quantitative estimate of drug-likeness (QED) is 0.645. The van der Waals surface area contributed by atoms with Crippen LogP contribution < -0.4 is 16.0 Å². The highest BCUT2D eigenvalue weighted by atomic mass is 79.9. The predicted octanol–water partition coefficient (Wildman–Crippen LogP) is 2.63. The van der Waals surface area contributed by atoms with Gasteiger partial charge < -0.3 is 20.4 Å². The third-order valence-electron chi connectivity index (χ3n) is 3.09. The van der Waals surface area contributed by atoms with Crippen LogP contribution in [-0.2, 0) is 0 Å². The normalized spacial score (nSPS) is 10.3. The second-order valence-corrected chi connectivity index (χ2v) is 5.63. The number of furan rings is 1. The minimum Gasteiger partial charge on any atom is -0.444 e. The molecule has 122 valence electrons. The van der Waals surface area contributed by atoms with Crippen LogP contribution in [0.25, 0.3) is 0 Å². The molecule has 23 heavy (non-hydrogen) atoms. The van der Waals surface area contributed by atoms with Crippen molar-refractivity contribution in [1.82, 2.24) is 10.6 Å². The van der Waals surface area contributed by atoms with Gasteiger partial charge in [0, 0.05) is 17.8 Å². The molecule has 1 aromatic carbocycles. The van der Waals surface area contributed by atoms with Gasteiger partial charge >= 0.3 is 0 Å². The summed E-state index contributed by atoms with van der Waals surface area (Å²) in [6, 6.07) is 9.92. The van der Waals surface area contributed by atoms with Gasteiger partial charge in [-0.25, -0.2) is 0 Å². The molecule has 0 fully saturated rings. The molecule has 0 aliphatic rings. The number of amides is 2. The molecule has 2 aromatic rings. The summed E-state index contributed by atoms with van der Waals surface area (Å²) in [6.07, 6.45) is 0.870. The molecule has 7 heteroatoms. The Hall–Kier alpha value is -2.12. The molecule has 0 bridgehead atoms. The third-order valence-corrected chi connectivity index (χ3v) is 3.52. The first-order chi connectivity index (χ1) is 11.1. The first kappa shape index (κ1) is 17.2. The zero-order chi connectivity index (χ0) is 16.7. The van der Waals surface area contributed by atoms with Crippen LogP contribution >= 0.6 is 15.9 Å². The number of nitrogens with one attached hydrogen (secondary N) is 3. The highest BCUT2D eigenvalue weighted by molar-refractivity contribution is 9.10. The molecule has 3 N–H and O–H groups in total. The van der Waals surface area contributed by atoms with Crippen molar-refractivity contribution in [2.45, 2.75) is 6.42 Å². The van der Waals surface area contributed by atoms with E-state index in [1.54, 1.807) is 36.4 Å². The Balaban J connectivity index is 1.89. The fraction of sp³-hybridized carbons (Fsp3) is 0.250. The van der Waals surface area contributed by atoms with Crippen molar-refractivity contribution in [3.63, 3.8) is 0 Å². The van der Waals surface area contributed by atoms with Crippen LogP contribution in [0, 0.1) is 0 Å². The summed E-state index contributed by atoms with van der Waals surface area (Å²) in [6.45, 7) is 1.47. The minimum absolute atomic E-state index is 0.131. The maximum atomic E-state index is 11.9. The van der Waals surface area contributed by atoms with E-state index in [9.17, 15) is 9.59 Å². The Bertz CT molecular complexity index is 667. The lowest BCUT2D eigenvalue weighted by Crippen LogP contribution is -2.26. The molecule has 2 rings (SSSR count). The van der Waals surface area contributed by atoms with Gasteiger partial charge in [-0.3, -0.25) is 9.59 Å². The average Bonchev–Trinajstić information content (AvgIpc) is 2.99. The van der Waals surface area contributed by atoms with Crippen molar-refractivity contribution in [2.24, 2.45) is 0 Å². The first-order valence-electron chi connectivity index (χ1n) is 7.19. The monoisotopic (exact) mass is 379 g/mol. The van der Waals surface area contributed by atoms with E-state index < -0.39 is 0 Å². The summed E-state index contributed by atoms with van der Waals surface area (Å²) in [7, 11) is 1.87. The molecule has 0 saturated heterocycles. The Kier molecular flexibility index (Phi) is 6.37. The van der Waals surface area contributed by atoms with E-state index in [2.05, 4.69) is 31.9 Å². The number of halogens is 1. The second kappa shape index (κ2) is 8.50. The maximum absolute atomic E-state index is 11.9. The van der Waals surface area contributed by atoms with Crippen molar-refractivity contribution in [3.8, 4) is 0 Å². The number of anilines is 1. The van der Waals surface area contributed by atoms with E-state index in [1.807, 2.05) is 7.05 Å². The highest BCUT2D eigenvalue weighted by Gasteiger charge is 2.11. The smallest absolute Gasteiger partial charge is 0.291 e. The van der Waals surface area contributed by atoms with Gasteiger partial charge in [0.2, 0.25) is 0 Å². The molecule has 0 atom stereocenters. The van der Waals surface area contributed by atoms with Crippen LogP contribution in [0.2, 0.25) is 0 Å². The Labute approximate surface area is 142 Å². The van der Waals surface area contributed by atoms with Crippen LogP contribution in [0.3, 0.4) is 0 Å². The molecular formula is C16H18BrN3O3. The zero-order valence-corrected chi connectivity index (χ0v) is 14.3. The Morgan fingerprint density at radius 3 is 2.39 bits per heavy atom. The molecule has 6 nitrogen and oxygen atoms in total. The van der Waals surface area contributed by atoms with Crippen molar-refractivity contribution in [3.05, 3.63) is 52.4 Å². The second-order valence-electron chi connectivity index (χ2n) is 4.85. The van der Waals surface area contributed by atoms with E-state index in [4.69, 9.17) is 4.42 Å². The van der Waals surface area contributed by atoms with E-state index in [0.717, 1.165) is 13.0 Å². The average molecular weight is 380 g/mol. The largest absolute Gasteiger partial charge is 0.444 e. The highest BCUT2D eigenvalue weighted by Crippen LogP contribution is 2.16. The fourth-order valence-electron chi connectivity index (χ4n) is 1.90. The van der Waals surface area contributed by atoms with Crippen LogP contribution in [0.15, 0.2) is 45.5 Å². The number of carbonyl (C=O) groups excluding carboxylic acids is 2.